The molecule has 0 N–H and O–H groups in total. The van der Waals surface area contributed by atoms with Crippen molar-refractivity contribution in [2.75, 3.05) is 0 Å². The molecule has 0 nitrogen and oxygen atoms in total. The van der Waals surface area contributed by atoms with Gasteiger partial charge in [0, 0.05) is 12.3 Å². The standard InChI is InChI=1S/C9H16F2/c1-3-4-8-5-7(2)9(10,11)6-8/h7-8H,3-6H2,1-2H3/t7-,8?/m0/s1. The van der Waals surface area contributed by atoms with Crippen LogP contribution < -0.4 is 0 Å². The van der Waals surface area contributed by atoms with Crippen LogP contribution in [0.15, 0.2) is 0 Å². The molecule has 0 aliphatic heterocycles. The van der Waals surface area contributed by atoms with Crippen molar-refractivity contribution in [2.45, 2.75) is 45.5 Å². The summed E-state index contributed by atoms with van der Waals surface area (Å²) in [6, 6.07) is 0. The Labute approximate surface area is 67.0 Å². The van der Waals surface area contributed by atoms with E-state index in [9.17, 15) is 8.78 Å². The average Bonchev–Trinajstić information content (AvgIpc) is 2.08. The Morgan fingerprint density at radius 2 is 2.09 bits per heavy atom. The monoisotopic (exact) mass is 162 g/mol. The van der Waals surface area contributed by atoms with E-state index < -0.39 is 5.92 Å². The van der Waals surface area contributed by atoms with Gasteiger partial charge in [0.2, 0.25) is 0 Å². The summed E-state index contributed by atoms with van der Waals surface area (Å²) in [6.45, 7) is 3.72. The summed E-state index contributed by atoms with van der Waals surface area (Å²) in [5.41, 5.74) is 0. The van der Waals surface area contributed by atoms with Gasteiger partial charge in [-0.25, -0.2) is 8.78 Å². The maximum Gasteiger partial charge on any atom is 0.250 e. The zero-order valence-electron chi connectivity index (χ0n) is 7.24. The summed E-state index contributed by atoms with van der Waals surface area (Å²) in [6.07, 6.45) is 2.86. The van der Waals surface area contributed by atoms with E-state index in [-0.39, 0.29) is 18.3 Å². The van der Waals surface area contributed by atoms with Crippen molar-refractivity contribution in [3.8, 4) is 0 Å². The lowest BCUT2D eigenvalue weighted by Gasteiger charge is -2.12. The van der Waals surface area contributed by atoms with Crippen molar-refractivity contribution >= 4 is 0 Å². The number of halogens is 2. The van der Waals surface area contributed by atoms with Gasteiger partial charge in [-0.15, -0.1) is 0 Å². The van der Waals surface area contributed by atoms with E-state index in [2.05, 4.69) is 6.92 Å². The maximum atomic E-state index is 12.9. The quantitative estimate of drug-likeness (QED) is 0.583. The lowest BCUT2D eigenvalue weighted by molar-refractivity contribution is -0.0323. The molecule has 11 heavy (non-hydrogen) atoms. The predicted octanol–water partition coefficient (Wildman–Crippen LogP) is 3.47. The van der Waals surface area contributed by atoms with E-state index in [1.807, 2.05) is 0 Å². The molecule has 1 rings (SSSR count). The normalized spacial score (nSPS) is 36.0. The molecule has 0 bridgehead atoms. The third kappa shape index (κ3) is 1.91. The number of hydrogen-bond acceptors (Lipinski definition) is 0. The van der Waals surface area contributed by atoms with Crippen LogP contribution in [-0.2, 0) is 0 Å². The molecule has 0 heterocycles. The van der Waals surface area contributed by atoms with Gasteiger partial charge in [0.1, 0.15) is 0 Å². The summed E-state index contributed by atoms with van der Waals surface area (Å²) < 4.78 is 25.8. The van der Waals surface area contributed by atoms with Crippen molar-refractivity contribution in [1.29, 1.82) is 0 Å². The maximum absolute atomic E-state index is 12.9. The first kappa shape index (κ1) is 8.95. The molecule has 2 heteroatoms. The third-order valence-corrected chi connectivity index (χ3v) is 2.67. The highest BCUT2D eigenvalue weighted by Gasteiger charge is 2.45. The fourth-order valence-corrected chi connectivity index (χ4v) is 1.97. The van der Waals surface area contributed by atoms with Gasteiger partial charge in [0.25, 0.3) is 5.92 Å². The summed E-state index contributed by atoms with van der Waals surface area (Å²) in [5, 5.41) is 0. The van der Waals surface area contributed by atoms with Gasteiger partial charge in [-0.05, 0) is 12.3 Å². The van der Waals surface area contributed by atoms with E-state index >= 15 is 0 Å². The number of hydrogen-bond donors (Lipinski definition) is 0. The molecule has 2 atom stereocenters. The van der Waals surface area contributed by atoms with E-state index in [4.69, 9.17) is 0 Å². The van der Waals surface area contributed by atoms with Crippen LogP contribution in [0, 0.1) is 11.8 Å². The molecule has 1 aliphatic rings. The van der Waals surface area contributed by atoms with Crippen LogP contribution >= 0.6 is 0 Å². The van der Waals surface area contributed by atoms with Crippen molar-refractivity contribution in [3.05, 3.63) is 0 Å². The van der Waals surface area contributed by atoms with Gasteiger partial charge in [0.05, 0.1) is 0 Å². The van der Waals surface area contributed by atoms with Crippen LogP contribution in [0.4, 0.5) is 8.78 Å². The first-order chi connectivity index (χ1) is 5.06. The molecule has 0 aromatic carbocycles. The molecule has 0 aromatic rings. The fourth-order valence-electron chi connectivity index (χ4n) is 1.97. The van der Waals surface area contributed by atoms with Crippen LogP contribution in [0.5, 0.6) is 0 Å². The smallest absolute Gasteiger partial charge is 0.207 e. The van der Waals surface area contributed by atoms with Crippen LogP contribution in [0.2, 0.25) is 0 Å². The van der Waals surface area contributed by atoms with Gasteiger partial charge in [-0.3, -0.25) is 0 Å². The van der Waals surface area contributed by atoms with Crippen molar-refractivity contribution < 1.29 is 8.78 Å². The summed E-state index contributed by atoms with van der Waals surface area (Å²) >= 11 is 0. The topological polar surface area (TPSA) is 0 Å². The van der Waals surface area contributed by atoms with Crippen LogP contribution in [0.1, 0.15) is 39.5 Å². The van der Waals surface area contributed by atoms with Crippen molar-refractivity contribution in [2.24, 2.45) is 11.8 Å². The predicted molar refractivity (Wildman–Crippen MR) is 41.7 cm³/mol. The molecule has 0 amide bonds. The van der Waals surface area contributed by atoms with Gasteiger partial charge < -0.3 is 0 Å². The van der Waals surface area contributed by atoms with Crippen LogP contribution in [0.25, 0.3) is 0 Å². The number of rotatable bonds is 2. The molecule has 1 saturated carbocycles. The zero-order valence-corrected chi connectivity index (χ0v) is 7.24. The molecule has 66 valence electrons. The summed E-state index contributed by atoms with van der Waals surface area (Å²) in [4.78, 5) is 0. The molecule has 0 spiro atoms. The summed E-state index contributed by atoms with van der Waals surface area (Å²) in [5.74, 6) is -2.48. The first-order valence-electron chi connectivity index (χ1n) is 4.44. The highest BCUT2D eigenvalue weighted by molar-refractivity contribution is 4.86. The second-order valence-corrected chi connectivity index (χ2v) is 3.76. The molecule has 0 aromatic heterocycles. The first-order valence-corrected chi connectivity index (χ1v) is 4.44. The van der Waals surface area contributed by atoms with Crippen LogP contribution in [-0.4, -0.2) is 5.92 Å². The minimum Gasteiger partial charge on any atom is -0.207 e. The Hall–Kier alpha value is -0.140. The highest BCUT2D eigenvalue weighted by Crippen LogP contribution is 2.44. The Bertz CT molecular complexity index is 132. The van der Waals surface area contributed by atoms with Crippen molar-refractivity contribution in [3.63, 3.8) is 0 Å². The Morgan fingerprint density at radius 1 is 1.45 bits per heavy atom. The Kier molecular flexibility index (Phi) is 2.50. The minimum absolute atomic E-state index is 0.127. The second kappa shape index (κ2) is 3.08. The highest BCUT2D eigenvalue weighted by atomic mass is 19.3. The molecule has 1 fully saturated rings. The molecule has 1 unspecified atom stereocenters. The fraction of sp³-hybridized carbons (Fsp3) is 1.00. The second-order valence-electron chi connectivity index (χ2n) is 3.76. The minimum atomic E-state index is -2.38. The lowest BCUT2D eigenvalue weighted by atomic mass is 10.0. The van der Waals surface area contributed by atoms with Gasteiger partial charge in [-0.1, -0.05) is 26.7 Å². The number of alkyl halides is 2. The molecular formula is C9H16F2. The Balaban J connectivity index is 2.43. The third-order valence-electron chi connectivity index (χ3n) is 2.67. The zero-order chi connectivity index (χ0) is 8.48. The van der Waals surface area contributed by atoms with E-state index in [1.54, 1.807) is 6.92 Å². The molecule has 0 radical (unpaired) electrons. The molecule has 0 saturated heterocycles. The Morgan fingerprint density at radius 3 is 2.45 bits per heavy atom. The van der Waals surface area contributed by atoms with Gasteiger partial charge >= 0.3 is 0 Å². The largest absolute Gasteiger partial charge is 0.250 e. The molecular weight excluding hydrogens is 146 g/mol. The van der Waals surface area contributed by atoms with Gasteiger partial charge in [0.15, 0.2) is 0 Å². The van der Waals surface area contributed by atoms with E-state index in [1.165, 1.54) is 0 Å². The summed E-state index contributed by atoms with van der Waals surface area (Å²) in [7, 11) is 0. The van der Waals surface area contributed by atoms with E-state index in [0.29, 0.717) is 0 Å². The SMILES string of the molecule is CCCC1C[C@H](C)C(F)(F)C1. The average molecular weight is 162 g/mol. The van der Waals surface area contributed by atoms with Crippen LogP contribution in [0.3, 0.4) is 0 Å². The van der Waals surface area contributed by atoms with Gasteiger partial charge in [-0.2, -0.15) is 0 Å². The van der Waals surface area contributed by atoms with E-state index in [0.717, 1.165) is 19.3 Å². The lowest BCUT2D eigenvalue weighted by Crippen LogP contribution is -2.18. The molecule has 1 aliphatic carbocycles. The van der Waals surface area contributed by atoms with Crippen molar-refractivity contribution in [1.82, 2.24) is 0 Å².